The maximum absolute atomic E-state index is 13.9. The van der Waals surface area contributed by atoms with Gasteiger partial charge in [0.05, 0.1) is 25.6 Å². The van der Waals surface area contributed by atoms with E-state index < -0.39 is 39.3 Å². The van der Waals surface area contributed by atoms with Crippen molar-refractivity contribution in [2.45, 2.75) is 44.2 Å². The van der Waals surface area contributed by atoms with E-state index in [1.54, 1.807) is 31.2 Å². The molecule has 0 radical (unpaired) electrons. The van der Waals surface area contributed by atoms with Gasteiger partial charge in [-0.1, -0.05) is 66.9 Å². The molecule has 0 aliphatic rings. The fraction of sp³-hybridized carbons (Fsp3) is 0.286. The Hall–Kier alpha value is -3.67. The van der Waals surface area contributed by atoms with Crippen molar-refractivity contribution >= 4 is 56.4 Å². The molecule has 0 saturated carbocycles. The van der Waals surface area contributed by atoms with Gasteiger partial charge in [0.1, 0.15) is 12.6 Å². The maximum Gasteiger partial charge on any atom is 0.271 e. The highest BCUT2D eigenvalue weighted by molar-refractivity contribution is 7.92. The molecule has 13 heteroatoms. The number of hydrogen-bond donors (Lipinski definition) is 1. The third-order valence-corrected chi connectivity index (χ3v) is 8.80. The summed E-state index contributed by atoms with van der Waals surface area (Å²) in [7, 11) is -4.35. The van der Waals surface area contributed by atoms with Crippen molar-refractivity contribution in [2.24, 2.45) is 0 Å². The molecule has 0 aliphatic heterocycles. The van der Waals surface area contributed by atoms with Crippen LogP contribution in [0.1, 0.15) is 32.3 Å². The van der Waals surface area contributed by atoms with Crippen molar-refractivity contribution in [1.29, 1.82) is 0 Å². The lowest BCUT2D eigenvalue weighted by Crippen LogP contribution is -2.51. The number of sulfonamides is 1. The maximum atomic E-state index is 13.9. The lowest BCUT2D eigenvalue weighted by Gasteiger charge is -2.32. The van der Waals surface area contributed by atoms with E-state index in [0.29, 0.717) is 17.1 Å². The standard InChI is InChI=1S/C28H30Cl2N4O6S/c1-3-4-15-31-28(36)20(2)32(18-21-13-14-25(29)26(30)16-21)27(35)19-33(22-9-8-10-23(17-22)34(37)38)41(39,40)24-11-6-5-7-12-24/h5-14,16-17,20H,3-4,15,18-19H2,1-2H3,(H,31,36)/t20-/m0/s1. The van der Waals surface area contributed by atoms with Crippen LogP contribution in [0.25, 0.3) is 0 Å². The molecule has 0 unspecified atom stereocenters. The highest BCUT2D eigenvalue weighted by Crippen LogP contribution is 2.28. The number of nitrogens with zero attached hydrogens (tertiary/aromatic N) is 3. The molecule has 10 nitrogen and oxygen atoms in total. The Morgan fingerprint density at radius 1 is 1.00 bits per heavy atom. The third kappa shape index (κ3) is 8.18. The molecule has 1 N–H and O–H groups in total. The fourth-order valence-electron chi connectivity index (χ4n) is 3.96. The first kappa shape index (κ1) is 31.9. The average molecular weight is 622 g/mol. The van der Waals surface area contributed by atoms with Gasteiger partial charge < -0.3 is 10.2 Å². The lowest BCUT2D eigenvalue weighted by molar-refractivity contribution is -0.384. The predicted octanol–water partition coefficient (Wildman–Crippen LogP) is 5.43. The molecule has 0 fully saturated rings. The van der Waals surface area contributed by atoms with Gasteiger partial charge in [-0.25, -0.2) is 8.42 Å². The molecule has 0 spiro atoms. The zero-order chi connectivity index (χ0) is 30.2. The Kier molecular flexibility index (Phi) is 11.1. The number of nitro groups is 1. The number of hydrogen-bond acceptors (Lipinski definition) is 6. The monoisotopic (exact) mass is 620 g/mol. The van der Waals surface area contributed by atoms with Gasteiger partial charge in [0, 0.05) is 25.2 Å². The Balaban J connectivity index is 2.04. The fourth-order valence-corrected chi connectivity index (χ4v) is 5.71. The number of nitrogens with one attached hydrogen (secondary N) is 1. The van der Waals surface area contributed by atoms with Gasteiger partial charge in [0.15, 0.2) is 0 Å². The molecule has 0 saturated heterocycles. The first-order valence-corrected chi connectivity index (χ1v) is 15.0. The summed E-state index contributed by atoms with van der Waals surface area (Å²) >= 11 is 12.2. The minimum Gasteiger partial charge on any atom is -0.354 e. The Labute approximate surface area is 249 Å². The Bertz CT molecular complexity index is 1500. The normalized spacial score (nSPS) is 11.9. The quantitative estimate of drug-likeness (QED) is 0.154. The van der Waals surface area contributed by atoms with Crippen LogP contribution in [0, 0.1) is 10.1 Å². The summed E-state index contributed by atoms with van der Waals surface area (Å²) in [5, 5.41) is 14.8. The SMILES string of the molecule is CCCCNC(=O)[C@H](C)N(Cc1ccc(Cl)c(Cl)c1)C(=O)CN(c1cccc([N+](=O)[O-])c1)S(=O)(=O)c1ccccc1. The smallest absolute Gasteiger partial charge is 0.271 e. The number of carbonyl (C=O) groups is 2. The predicted molar refractivity (Wildman–Crippen MR) is 158 cm³/mol. The molecule has 3 aromatic rings. The molecule has 3 aromatic carbocycles. The molecule has 0 heterocycles. The minimum atomic E-state index is -4.35. The number of amides is 2. The second kappa shape index (κ2) is 14.3. The van der Waals surface area contributed by atoms with Gasteiger partial charge in [0.2, 0.25) is 11.8 Å². The van der Waals surface area contributed by atoms with E-state index in [0.717, 1.165) is 23.2 Å². The second-order valence-corrected chi connectivity index (χ2v) is 11.9. The summed E-state index contributed by atoms with van der Waals surface area (Å²) in [5.74, 6) is -1.13. The van der Waals surface area contributed by atoms with Gasteiger partial charge in [-0.2, -0.15) is 0 Å². The van der Waals surface area contributed by atoms with Gasteiger partial charge in [0.25, 0.3) is 15.7 Å². The van der Waals surface area contributed by atoms with Crippen LogP contribution in [0.15, 0.2) is 77.7 Å². The van der Waals surface area contributed by atoms with Gasteiger partial charge in [-0.05, 0) is 49.2 Å². The number of halogens is 2. The van der Waals surface area contributed by atoms with Crippen molar-refractivity contribution in [2.75, 3.05) is 17.4 Å². The molecule has 0 aliphatic carbocycles. The van der Waals surface area contributed by atoms with Crippen molar-refractivity contribution in [3.05, 3.63) is 98.5 Å². The van der Waals surface area contributed by atoms with E-state index in [4.69, 9.17) is 23.2 Å². The summed E-state index contributed by atoms with van der Waals surface area (Å²) in [6, 6.07) is 16.2. The summed E-state index contributed by atoms with van der Waals surface area (Å²) < 4.78 is 28.3. The number of unbranched alkanes of at least 4 members (excludes halogenated alkanes) is 1. The number of anilines is 1. The van der Waals surface area contributed by atoms with Crippen molar-refractivity contribution in [3.63, 3.8) is 0 Å². The second-order valence-electron chi connectivity index (χ2n) is 9.19. The van der Waals surface area contributed by atoms with Crippen LogP contribution in [0.3, 0.4) is 0 Å². The zero-order valence-electron chi connectivity index (χ0n) is 22.5. The summed E-state index contributed by atoms with van der Waals surface area (Å²) in [6.07, 6.45) is 1.60. The molecule has 1 atom stereocenters. The van der Waals surface area contributed by atoms with Crippen LogP contribution in [-0.2, 0) is 26.2 Å². The van der Waals surface area contributed by atoms with Crippen LogP contribution in [0.4, 0.5) is 11.4 Å². The number of non-ortho nitro benzene ring substituents is 1. The minimum absolute atomic E-state index is 0.0771. The average Bonchev–Trinajstić information content (AvgIpc) is 2.96. The molecule has 2 amide bonds. The molecule has 0 aromatic heterocycles. The highest BCUT2D eigenvalue weighted by Gasteiger charge is 2.33. The number of nitro benzene ring substituents is 1. The van der Waals surface area contributed by atoms with Crippen LogP contribution < -0.4 is 9.62 Å². The molecular weight excluding hydrogens is 591 g/mol. The van der Waals surface area contributed by atoms with E-state index in [-0.39, 0.29) is 27.8 Å². The first-order valence-electron chi connectivity index (χ1n) is 12.8. The van der Waals surface area contributed by atoms with Crippen molar-refractivity contribution in [1.82, 2.24) is 10.2 Å². The molecular formula is C28H30Cl2N4O6S. The van der Waals surface area contributed by atoms with Crippen LogP contribution in [-0.4, -0.2) is 49.2 Å². The summed E-state index contributed by atoms with van der Waals surface area (Å²) in [6.45, 7) is 3.13. The van der Waals surface area contributed by atoms with Gasteiger partial charge in [-0.15, -0.1) is 0 Å². The number of carbonyl (C=O) groups excluding carboxylic acids is 2. The van der Waals surface area contributed by atoms with Crippen LogP contribution in [0.5, 0.6) is 0 Å². The van der Waals surface area contributed by atoms with Crippen molar-refractivity contribution < 1.29 is 22.9 Å². The lowest BCUT2D eigenvalue weighted by atomic mass is 10.1. The summed E-state index contributed by atoms with van der Waals surface area (Å²) in [4.78, 5) is 38.8. The largest absolute Gasteiger partial charge is 0.354 e. The zero-order valence-corrected chi connectivity index (χ0v) is 24.8. The topological polar surface area (TPSA) is 130 Å². The van der Waals surface area contributed by atoms with E-state index in [9.17, 15) is 28.1 Å². The van der Waals surface area contributed by atoms with E-state index in [1.807, 2.05) is 6.92 Å². The van der Waals surface area contributed by atoms with Gasteiger partial charge in [-0.3, -0.25) is 24.0 Å². The molecule has 41 heavy (non-hydrogen) atoms. The first-order chi connectivity index (χ1) is 19.4. The highest BCUT2D eigenvalue weighted by atomic mass is 35.5. The molecule has 218 valence electrons. The van der Waals surface area contributed by atoms with E-state index in [1.165, 1.54) is 47.4 Å². The van der Waals surface area contributed by atoms with Crippen molar-refractivity contribution in [3.8, 4) is 0 Å². The van der Waals surface area contributed by atoms with Gasteiger partial charge >= 0.3 is 0 Å². The molecule has 0 bridgehead atoms. The van der Waals surface area contributed by atoms with Crippen LogP contribution >= 0.6 is 23.2 Å². The number of benzene rings is 3. The van der Waals surface area contributed by atoms with E-state index >= 15 is 0 Å². The Morgan fingerprint density at radius 3 is 2.34 bits per heavy atom. The molecule has 3 rings (SSSR count). The van der Waals surface area contributed by atoms with E-state index in [2.05, 4.69) is 5.32 Å². The Morgan fingerprint density at radius 2 is 1.71 bits per heavy atom. The van der Waals surface area contributed by atoms with Crippen LogP contribution in [0.2, 0.25) is 10.0 Å². The number of rotatable bonds is 13. The third-order valence-electron chi connectivity index (χ3n) is 6.27. The summed E-state index contributed by atoms with van der Waals surface area (Å²) in [5.41, 5.74) is 0.138.